The first kappa shape index (κ1) is 23.9. The van der Waals surface area contributed by atoms with Gasteiger partial charge in [-0.25, -0.2) is 19.6 Å². The highest BCUT2D eigenvalue weighted by molar-refractivity contribution is 6.25. The van der Waals surface area contributed by atoms with Gasteiger partial charge in [0.2, 0.25) is 0 Å². The molecule has 0 atom stereocenters. The fourth-order valence-electron chi connectivity index (χ4n) is 5.93. The number of likely N-dealkylation sites (tertiary alicyclic amines) is 1. The maximum Gasteiger partial charge on any atom is 0.334 e. The lowest BCUT2D eigenvalue weighted by Crippen LogP contribution is -2.54. The highest BCUT2D eigenvalue weighted by Gasteiger charge is 2.40. The molecule has 0 radical (unpaired) electrons. The largest absolute Gasteiger partial charge is 0.379 e. The lowest BCUT2D eigenvalue weighted by atomic mass is 9.90. The number of urea groups is 2. The Kier molecular flexibility index (Phi) is 6.31. The van der Waals surface area contributed by atoms with Gasteiger partial charge in [0.1, 0.15) is 5.69 Å². The molecular weight excluding hydrogens is 476 g/mol. The number of ether oxygens (including phenoxy) is 1. The number of piperazine rings is 1. The highest BCUT2D eigenvalue weighted by atomic mass is 16.5. The number of aromatic nitrogens is 2. The van der Waals surface area contributed by atoms with Crippen LogP contribution in [0.5, 0.6) is 0 Å². The Morgan fingerprint density at radius 1 is 1.00 bits per heavy atom. The van der Waals surface area contributed by atoms with Gasteiger partial charge in [-0.1, -0.05) is 12.1 Å². The summed E-state index contributed by atoms with van der Waals surface area (Å²) in [5.41, 5.74) is 9.41. The van der Waals surface area contributed by atoms with Gasteiger partial charge in [-0.2, -0.15) is 5.10 Å². The van der Waals surface area contributed by atoms with Gasteiger partial charge >= 0.3 is 12.1 Å². The van der Waals surface area contributed by atoms with Crippen LogP contribution in [0.1, 0.15) is 40.4 Å². The van der Waals surface area contributed by atoms with Crippen molar-refractivity contribution >= 4 is 23.5 Å². The first-order valence-electron chi connectivity index (χ1n) is 13.0. The van der Waals surface area contributed by atoms with Crippen LogP contribution in [-0.4, -0.2) is 108 Å². The molecule has 0 bridgehead atoms. The van der Waals surface area contributed by atoms with Crippen molar-refractivity contribution in [3.63, 3.8) is 0 Å². The number of hydrogen-bond acceptors (Lipinski definition) is 7. The van der Waals surface area contributed by atoms with Crippen molar-refractivity contribution in [1.29, 1.82) is 0 Å². The minimum Gasteiger partial charge on any atom is -0.379 e. The summed E-state index contributed by atoms with van der Waals surface area (Å²) < 4.78 is 5.43. The van der Waals surface area contributed by atoms with E-state index in [1.54, 1.807) is 6.07 Å². The van der Waals surface area contributed by atoms with Gasteiger partial charge in [-0.05, 0) is 18.9 Å². The first-order valence-corrected chi connectivity index (χ1v) is 13.0. The molecule has 37 heavy (non-hydrogen) atoms. The smallest absolute Gasteiger partial charge is 0.334 e. The van der Waals surface area contributed by atoms with E-state index in [9.17, 15) is 14.4 Å². The van der Waals surface area contributed by atoms with Crippen molar-refractivity contribution in [2.24, 2.45) is 5.73 Å². The minimum absolute atomic E-state index is 0.0940. The zero-order valence-corrected chi connectivity index (χ0v) is 20.7. The second-order valence-electron chi connectivity index (χ2n) is 9.89. The Balaban J connectivity index is 1.23. The predicted molar refractivity (Wildman–Crippen MR) is 135 cm³/mol. The van der Waals surface area contributed by atoms with Crippen LogP contribution in [0.25, 0.3) is 11.3 Å². The maximum absolute atomic E-state index is 13.9. The van der Waals surface area contributed by atoms with E-state index in [2.05, 4.69) is 15.5 Å². The molecule has 3 saturated heterocycles. The van der Waals surface area contributed by atoms with Crippen molar-refractivity contribution in [2.45, 2.75) is 18.8 Å². The highest BCUT2D eigenvalue weighted by Crippen LogP contribution is 2.44. The number of anilines is 1. The van der Waals surface area contributed by atoms with Gasteiger partial charge in [0.15, 0.2) is 5.78 Å². The number of benzene rings is 1. The van der Waals surface area contributed by atoms with Gasteiger partial charge in [0, 0.05) is 63.8 Å². The molecule has 4 amide bonds. The number of carbonyl (C=O) groups is 3. The average molecular weight is 509 g/mol. The molecule has 4 N–H and O–H groups in total. The van der Waals surface area contributed by atoms with E-state index in [-0.39, 0.29) is 17.7 Å². The number of hydrazine groups is 1. The molecule has 0 saturated carbocycles. The summed E-state index contributed by atoms with van der Waals surface area (Å²) in [6.45, 7) is 6.36. The fraction of sp³-hybridized carbons (Fsp3) is 0.520. The van der Waals surface area contributed by atoms with E-state index in [0.29, 0.717) is 67.5 Å². The van der Waals surface area contributed by atoms with Crippen molar-refractivity contribution in [3.05, 3.63) is 35.0 Å². The Morgan fingerprint density at radius 3 is 2.41 bits per heavy atom. The first-order chi connectivity index (χ1) is 18.0. The van der Waals surface area contributed by atoms with E-state index in [1.165, 1.54) is 5.01 Å². The minimum atomic E-state index is -0.643. The van der Waals surface area contributed by atoms with E-state index in [1.807, 2.05) is 26.9 Å². The second-order valence-corrected chi connectivity index (χ2v) is 9.89. The number of morpholine rings is 1. The zero-order valence-electron chi connectivity index (χ0n) is 20.7. The monoisotopic (exact) mass is 508 g/mol. The summed E-state index contributed by atoms with van der Waals surface area (Å²) in [7, 11) is 0. The van der Waals surface area contributed by atoms with Crippen LogP contribution in [0.4, 0.5) is 15.3 Å². The number of fused-ring (bicyclic) bond motifs is 3. The van der Waals surface area contributed by atoms with Crippen LogP contribution < -0.4 is 16.1 Å². The lowest BCUT2D eigenvalue weighted by molar-refractivity contribution is 0.0364. The summed E-state index contributed by atoms with van der Waals surface area (Å²) in [5.74, 6) is -0.0558. The molecule has 1 aromatic heterocycles. The number of aromatic amines is 1. The van der Waals surface area contributed by atoms with Crippen LogP contribution in [0, 0.1) is 0 Å². The van der Waals surface area contributed by atoms with Crippen LogP contribution in [-0.2, 0) is 4.74 Å². The Morgan fingerprint density at radius 2 is 1.70 bits per heavy atom. The summed E-state index contributed by atoms with van der Waals surface area (Å²) >= 11 is 0. The topological polar surface area (TPSA) is 140 Å². The van der Waals surface area contributed by atoms with Gasteiger partial charge in [-0.15, -0.1) is 0 Å². The van der Waals surface area contributed by atoms with E-state index in [4.69, 9.17) is 10.5 Å². The number of rotatable bonds is 3. The van der Waals surface area contributed by atoms with Crippen LogP contribution >= 0.6 is 0 Å². The van der Waals surface area contributed by atoms with Gasteiger partial charge in [0.25, 0.3) is 0 Å². The number of primary amides is 1. The Bertz CT molecular complexity index is 1210. The Hall–Kier alpha value is -3.48. The van der Waals surface area contributed by atoms with E-state index in [0.717, 1.165) is 44.7 Å². The molecule has 4 aliphatic rings. The molecule has 2 aromatic rings. The number of carbonyl (C=O) groups excluding carboxylic acids is 3. The van der Waals surface area contributed by atoms with Crippen LogP contribution in [0.15, 0.2) is 18.2 Å². The molecular formula is C25H32N8O4. The molecule has 0 unspecified atom stereocenters. The molecule has 12 nitrogen and oxygen atoms in total. The summed E-state index contributed by atoms with van der Waals surface area (Å²) in [6, 6.07) is 4.89. The zero-order chi connectivity index (χ0) is 25.5. The van der Waals surface area contributed by atoms with Crippen LogP contribution in [0.3, 0.4) is 0 Å². The predicted octanol–water partition coefficient (Wildman–Crippen LogP) is 0.958. The number of hydrogen-bond donors (Lipinski definition) is 3. The average Bonchev–Trinajstić information content (AvgIpc) is 3.49. The number of ketones is 1. The van der Waals surface area contributed by atoms with E-state index >= 15 is 0 Å². The quantitative estimate of drug-likeness (QED) is 0.479. The van der Waals surface area contributed by atoms with Gasteiger partial charge < -0.3 is 25.6 Å². The van der Waals surface area contributed by atoms with Gasteiger partial charge in [-0.3, -0.25) is 9.89 Å². The number of amides is 4. The number of nitrogens with two attached hydrogens (primary N) is 1. The molecule has 1 aromatic carbocycles. The molecule has 0 spiro atoms. The number of piperidine rings is 1. The molecule has 6 rings (SSSR count). The molecule has 4 heterocycles. The maximum atomic E-state index is 13.9. The molecule has 3 fully saturated rings. The number of H-pyrrole nitrogens is 1. The molecule has 1 aliphatic carbocycles. The third-order valence-electron chi connectivity index (χ3n) is 7.81. The summed E-state index contributed by atoms with van der Waals surface area (Å²) in [5, 5.41) is 14.2. The van der Waals surface area contributed by atoms with Gasteiger partial charge in [0.05, 0.1) is 35.7 Å². The second kappa shape index (κ2) is 9.77. The summed E-state index contributed by atoms with van der Waals surface area (Å²) in [4.78, 5) is 43.1. The lowest BCUT2D eigenvalue weighted by Gasteiger charge is -2.37. The fourth-order valence-corrected chi connectivity index (χ4v) is 5.93. The molecule has 3 aliphatic heterocycles. The normalized spacial score (nSPS) is 20.6. The standard InChI is InChI=1S/C25H32N8O4/c26-24(35)33(32-12-14-37-15-13-32)18-3-1-2-17-19(18)23(34)20-21(28-29-22(17)20)16-4-8-30(9-5-16)25(36)31-10-6-27-7-11-31/h1-3,16,27H,4-15H2,(H2,26,35)(H,28,29). The molecule has 196 valence electrons. The Labute approximate surface area is 214 Å². The van der Waals surface area contributed by atoms with Crippen molar-refractivity contribution in [3.8, 4) is 11.3 Å². The number of nitrogens with one attached hydrogen (secondary N) is 2. The third kappa shape index (κ3) is 4.14. The van der Waals surface area contributed by atoms with Crippen molar-refractivity contribution in [2.75, 3.05) is 70.6 Å². The summed E-state index contributed by atoms with van der Waals surface area (Å²) in [6.07, 6.45) is 1.51. The van der Waals surface area contributed by atoms with Crippen molar-refractivity contribution in [1.82, 2.24) is 30.3 Å². The third-order valence-corrected chi connectivity index (χ3v) is 7.81. The number of nitrogens with zero attached hydrogens (tertiary/aromatic N) is 5. The molecule has 12 heteroatoms. The van der Waals surface area contributed by atoms with E-state index < -0.39 is 6.03 Å². The van der Waals surface area contributed by atoms with Crippen molar-refractivity contribution < 1.29 is 19.1 Å². The van der Waals surface area contributed by atoms with Crippen LogP contribution in [0.2, 0.25) is 0 Å². The SMILES string of the molecule is NC(=O)N(c1cccc2c1C(=O)c1c-2n[nH]c1C1CCN(C(=O)N2CCNCC2)CC1)N1CCOCC1.